The molecule has 4 nitrogen and oxygen atoms in total. The SMILES string of the molecule is CC(=O)O[C@H](C)C(=O)Nc1ccc(Cl)cc1Cl. The number of hydrogen-bond donors (Lipinski definition) is 1. The fourth-order valence-electron chi connectivity index (χ4n) is 1.13. The van der Waals surface area contributed by atoms with Crippen molar-refractivity contribution in [2.24, 2.45) is 0 Å². The van der Waals surface area contributed by atoms with Gasteiger partial charge in [0.05, 0.1) is 10.7 Å². The van der Waals surface area contributed by atoms with E-state index < -0.39 is 18.0 Å². The molecule has 0 aliphatic heterocycles. The summed E-state index contributed by atoms with van der Waals surface area (Å²) in [5, 5.41) is 3.33. The molecule has 0 unspecified atom stereocenters. The van der Waals surface area contributed by atoms with Gasteiger partial charge in [-0.1, -0.05) is 23.2 Å². The third kappa shape index (κ3) is 4.24. The second-order valence-corrected chi connectivity index (χ2v) is 4.21. The van der Waals surface area contributed by atoms with Crippen LogP contribution in [0.3, 0.4) is 0 Å². The lowest BCUT2D eigenvalue weighted by Crippen LogP contribution is -2.29. The number of amides is 1. The second kappa shape index (κ2) is 5.89. The minimum absolute atomic E-state index is 0.320. The molecule has 0 fully saturated rings. The van der Waals surface area contributed by atoms with Crippen molar-refractivity contribution < 1.29 is 14.3 Å². The molecule has 0 bridgehead atoms. The Morgan fingerprint density at radius 3 is 2.53 bits per heavy atom. The van der Waals surface area contributed by atoms with Gasteiger partial charge >= 0.3 is 5.97 Å². The van der Waals surface area contributed by atoms with Crippen LogP contribution in [0.15, 0.2) is 18.2 Å². The molecule has 1 N–H and O–H groups in total. The maximum absolute atomic E-state index is 11.6. The number of carbonyl (C=O) groups excluding carboxylic acids is 2. The molecule has 1 rings (SSSR count). The summed E-state index contributed by atoms with van der Waals surface area (Å²) in [4.78, 5) is 22.3. The zero-order valence-electron chi connectivity index (χ0n) is 9.29. The van der Waals surface area contributed by atoms with Gasteiger partial charge in [-0.3, -0.25) is 9.59 Å². The Hall–Kier alpha value is -1.26. The van der Waals surface area contributed by atoms with E-state index in [9.17, 15) is 9.59 Å². The summed E-state index contributed by atoms with van der Waals surface area (Å²) in [7, 11) is 0. The lowest BCUT2D eigenvalue weighted by atomic mass is 10.3. The van der Waals surface area contributed by atoms with E-state index in [1.54, 1.807) is 12.1 Å². The molecule has 0 aliphatic carbocycles. The minimum Gasteiger partial charge on any atom is -0.453 e. The fourth-order valence-corrected chi connectivity index (χ4v) is 1.58. The van der Waals surface area contributed by atoms with Crippen molar-refractivity contribution in [1.29, 1.82) is 0 Å². The van der Waals surface area contributed by atoms with Gasteiger partial charge in [-0.05, 0) is 25.1 Å². The van der Waals surface area contributed by atoms with E-state index in [0.717, 1.165) is 0 Å². The number of esters is 1. The molecule has 17 heavy (non-hydrogen) atoms. The van der Waals surface area contributed by atoms with Crippen LogP contribution in [0.4, 0.5) is 5.69 Å². The van der Waals surface area contributed by atoms with E-state index in [-0.39, 0.29) is 0 Å². The summed E-state index contributed by atoms with van der Waals surface area (Å²) >= 11 is 11.6. The molecule has 1 aromatic carbocycles. The molecule has 1 amide bonds. The molecule has 0 aromatic heterocycles. The van der Waals surface area contributed by atoms with Crippen LogP contribution in [-0.2, 0) is 14.3 Å². The van der Waals surface area contributed by atoms with E-state index in [4.69, 9.17) is 27.9 Å². The average molecular weight is 276 g/mol. The van der Waals surface area contributed by atoms with E-state index in [1.165, 1.54) is 19.9 Å². The van der Waals surface area contributed by atoms with Crippen molar-refractivity contribution in [3.8, 4) is 0 Å². The number of nitrogens with one attached hydrogen (secondary N) is 1. The first-order valence-corrected chi connectivity index (χ1v) is 5.59. The Kier molecular flexibility index (Phi) is 4.78. The van der Waals surface area contributed by atoms with Gasteiger partial charge in [0, 0.05) is 11.9 Å². The molecule has 0 saturated carbocycles. The van der Waals surface area contributed by atoms with Gasteiger partial charge in [-0.2, -0.15) is 0 Å². The highest BCUT2D eigenvalue weighted by Crippen LogP contribution is 2.25. The molecule has 6 heteroatoms. The van der Waals surface area contributed by atoms with Crippen molar-refractivity contribution in [1.82, 2.24) is 0 Å². The van der Waals surface area contributed by atoms with Gasteiger partial charge in [-0.25, -0.2) is 0 Å². The van der Waals surface area contributed by atoms with Gasteiger partial charge in [0.1, 0.15) is 0 Å². The van der Waals surface area contributed by atoms with Gasteiger partial charge in [0.2, 0.25) is 0 Å². The molecular formula is C11H11Cl2NO3. The van der Waals surface area contributed by atoms with E-state index in [2.05, 4.69) is 5.32 Å². The third-order valence-electron chi connectivity index (χ3n) is 1.90. The molecule has 0 saturated heterocycles. The maximum atomic E-state index is 11.6. The first-order valence-electron chi connectivity index (χ1n) is 4.83. The van der Waals surface area contributed by atoms with Crippen LogP contribution in [0.5, 0.6) is 0 Å². The van der Waals surface area contributed by atoms with Crippen molar-refractivity contribution in [3.63, 3.8) is 0 Å². The summed E-state index contributed by atoms with van der Waals surface area (Å²) in [5.41, 5.74) is 0.417. The lowest BCUT2D eigenvalue weighted by Gasteiger charge is -2.13. The zero-order valence-corrected chi connectivity index (χ0v) is 10.8. The molecule has 0 radical (unpaired) electrons. The van der Waals surface area contributed by atoms with Crippen LogP contribution < -0.4 is 5.32 Å². The van der Waals surface area contributed by atoms with Crippen LogP contribution in [0, 0.1) is 0 Å². The number of halogens is 2. The highest BCUT2D eigenvalue weighted by Gasteiger charge is 2.16. The monoisotopic (exact) mass is 275 g/mol. The minimum atomic E-state index is -0.876. The molecule has 92 valence electrons. The summed E-state index contributed by atoms with van der Waals surface area (Å²) in [6.07, 6.45) is -0.876. The van der Waals surface area contributed by atoms with Crippen LogP contribution in [-0.4, -0.2) is 18.0 Å². The first kappa shape index (κ1) is 13.8. The second-order valence-electron chi connectivity index (χ2n) is 3.37. The largest absolute Gasteiger partial charge is 0.453 e. The third-order valence-corrected chi connectivity index (χ3v) is 2.45. The molecule has 1 aromatic rings. The Labute approximate surface area is 109 Å². The van der Waals surface area contributed by atoms with E-state index >= 15 is 0 Å². The quantitative estimate of drug-likeness (QED) is 0.863. The Balaban J connectivity index is 2.71. The van der Waals surface area contributed by atoms with Crippen molar-refractivity contribution in [2.75, 3.05) is 5.32 Å². The van der Waals surface area contributed by atoms with E-state index in [0.29, 0.717) is 15.7 Å². The van der Waals surface area contributed by atoms with E-state index in [1.807, 2.05) is 0 Å². The summed E-state index contributed by atoms with van der Waals surface area (Å²) in [6.45, 7) is 2.71. The summed E-state index contributed by atoms with van der Waals surface area (Å²) in [5.74, 6) is -0.973. The summed E-state index contributed by atoms with van der Waals surface area (Å²) < 4.78 is 4.73. The molecular weight excluding hydrogens is 265 g/mol. The van der Waals surface area contributed by atoms with Gasteiger partial charge in [-0.15, -0.1) is 0 Å². The number of rotatable bonds is 3. The molecule has 0 spiro atoms. The smallest absolute Gasteiger partial charge is 0.303 e. The fraction of sp³-hybridized carbons (Fsp3) is 0.273. The number of hydrogen-bond acceptors (Lipinski definition) is 3. The van der Waals surface area contributed by atoms with Crippen LogP contribution in [0.2, 0.25) is 10.0 Å². The van der Waals surface area contributed by atoms with Crippen molar-refractivity contribution >= 4 is 40.8 Å². The van der Waals surface area contributed by atoms with Gasteiger partial charge in [0.25, 0.3) is 5.91 Å². The van der Waals surface area contributed by atoms with Crippen molar-refractivity contribution in [2.45, 2.75) is 20.0 Å². The molecule has 0 heterocycles. The predicted molar refractivity (Wildman–Crippen MR) is 66.3 cm³/mol. The lowest BCUT2D eigenvalue weighted by molar-refractivity contribution is -0.150. The highest BCUT2D eigenvalue weighted by atomic mass is 35.5. The highest BCUT2D eigenvalue weighted by molar-refractivity contribution is 6.36. The maximum Gasteiger partial charge on any atom is 0.303 e. The van der Waals surface area contributed by atoms with Gasteiger partial charge in [0.15, 0.2) is 6.10 Å². The zero-order chi connectivity index (χ0) is 13.0. The predicted octanol–water partition coefficient (Wildman–Crippen LogP) is 2.88. The number of benzene rings is 1. The average Bonchev–Trinajstić information content (AvgIpc) is 2.21. The molecule has 0 aliphatic rings. The topological polar surface area (TPSA) is 55.4 Å². The van der Waals surface area contributed by atoms with Crippen LogP contribution in [0.25, 0.3) is 0 Å². The molecule has 1 atom stereocenters. The van der Waals surface area contributed by atoms with Crippen LogP contribution in [0.1, 0.15) is 13.8 Å². The first-order chi connectivity index (χ1) is 7.90. The standard InChI is InChI=1S/C11H11Cl2NO3/c1-6(17-7(2)15)11(16)14-10-4-3-8(12)5-9(10)13/h3-6H,1-2H3,(H,14,16)/t6-/m1/s1. The van der Waals surface area contributed by atoms with Gasteiger partial charge < -0.3 is 10.1 Å². The number of anilines is 1. The Morgan fingerprint density at radius 2 is 2.00 bits per heavy atom. The Bertz CT molecular complexity index is 448. The van der Waals surface area contributed by atoms with Crippen LogP contribution >= 0.6 is 23.2 Å². The summed E-state index contributed by atoms with van der Waals surface area (Å²) in [6, 6.07) is 4.68. The normalized spacial score (nSPS) is 11.8. The Morgan fingerprint density at radius 1 is 1.35 bits per heavy atom. The number of carbonyl (C=O) groups is 2. The van der Waals surface area contributed by atoms with Crippen molar-refractivity contribution in [3.05, 3.63) is 28.2 Å². The number of ether oxygens (including phenoxy) is 1.